The molecule has 2 heterocycles. The topological polar surface area (TPSA) is 19.0 Å². The number of hydrogen-bond acceptors (Lipinski definition) is 3. The van der Waals surface area contributed by atoms with Crippen molar-refractivity contribution in [3.05, 3.63) is 29.3 Å². The Morgan fingerprint density at radius 1 is 1.33 bits per heavy atom. The third-order valence-corrected chi connectivity index (χ3v) is 7.51. The van der Waals surface area contributed by atoms with E-state index < -0.39 is 0 Å². The number of nitrogens with zero attached hydrogens (tertiary/aromatic N) is 1. The molecule has 2 aromatic rings. The van der Waals surface area contributed by atoms with Crippen molar-refractivity contribution in [1.82, 2.24) is 9.88 Å². The monoisotopic (exact) mass is 360 g/mol. The summed E-state index contributed by atoms with van der Waals surface area (Å²) in [5.41, 5.74) is 4.53. The number of nitrogens with one attached hydrogen (secondary N) is 1. The molecule has 0 radical (unpaired) electrons. The maximum absolute atomic E-state index is 3.73. The van der Waals surface area contributed by atoms with Crippen LogP contribution in [0.1, 0.15) is 37.3 Å². The van der Waals surface area contributed by atoms with Crippen LogP contribution < -0.4 is 0 Å². The third-order valence-electron chi connectivity index (χ3n) is 5.65. The Kier molecular flexibility index (Phi) is 4.65. The summed E-state index contributed by atoms with van der Waals surface area (Å²) in [6, 6.07) is 7.58. The molecule has 0 spiro atoms. The van der Waals surface area contributed by atoms with Gasteiger partial charge in [0.1, 0.15) is 0 Å². The summed E-state index contributed by atoms with van der Waals surface area (Å²) in [5, 5.41) is 3.57. The minimum Gasteiger partial charge on any atom is -0.349 e. The SMILES string of the molecule is CSCC1C[C@@H]2c3cccc4[nH]c(SC(C)C)c(c34)C[C@H]2N(C)C1. The first-order chi connectivity index (χ1) is 11.6. The normalized spacial score (nSPS) is 27.0. The molecule has 1 aliphatic carbocycles. The second-order valence-electron chi connectivity index (χ2n) is 7.74. The van der Waals surface area contributed by atoms with E-state index in [1.807, 2.05) is 23.5 Å². The average Bonchev–Trinajstić information content (AvgIpc) is 2.87. The number of thioether (sulfide) groups is 2. The highest BCUT2D eigenvalue weighted by Crippen LogP contribution is 2.47. The first-order valence-electron chi connectivity index (χ1n) is 9.07. The van der Waals surface area contributed by atoms with Gasteiger partial charge < -0.3 is 9.88 Å². The van der Waals surface area contributed by atoms with Crippen molar-refractivity contribution in [3.63, 3.8) is 0 Å². The van der Waals surface area contributed by atoms with Gasteiger partial charge >= 0.3 is 0 Å². The Bertz CT molecular complexity index is 737. The fraction of sp³-hybridized carbons (Fsp3) is 0.600. The molecule has 130 valence electrons. The van der Waals surface area contributed by atoms with Crippen molar-refractivity contribution < 1.29 is 0 Å². The number of hydrogen-bond donors (Lipinski definition) is 1. The summed E-state index contributed by atoms with van der Waals surface area (Å²) in [7, 11) is 2.34. The third kappa shape index (κ3) is 2.81. The minimum absolute atomic E-state index is 0.616. The molecular formula is C20H28N2S2. The fourth-order valence-corrected chi connectivity index (χ4v) is 6.48. The summed E-state index contributed by atoms with van der Waals surface area (Å²) in [6.07, 6.45) is 4.80. The van der Waals surface area contributed by atoms with Gasteiger partial charge in [-0.2, -0.15) is 11.8 Å². The number of likely N-dealkylation sites (N-methyl/N-ethyl adjacent to an activating group) is 1. The van der Waals surface area contributed by atoms with Crippen molar-refractivity contribution >= 4 is 34.4 Å². The van der Waals surface area contributed by atoms with Crippen LogP contribution in [-0.4, -0.2) is 46.8 Å². The van der Waals surface area contributed by atoms with Gasteiger partial charge in [0.25, 0.3) is 0 Å². The lowest BCUT2D eigenvalue weighted by Crippen LogP contribution is -2.48. The minimum atomic E-state index is 0.616. The molecule has 1 saturated heterocycles. The summed E-state index contributed by atoms with van der Waals surface area (Å²) >= 11 is 3.99. The number of piperidine rings is 1. The van der Waals surface area contributed by atoms with Crippen LogP contribution in [0.15, 0.2) is 23.2 Å². The molecule has 1 N–H and O–H groups in total. The lowest BCUT2D eigenvalue weighted by molar-refractivity contribution is 0.121. The number of H-pyrrole nitrogens is 1. The molecule has 2 aliphatic rings. The van der Waals surface area contributed by atoms with Gasteiger partial charge in [-0.3, -0.25) is 0 Å². The van der Waals surface area contributed by atoms with Crippen LogP contribution in [0, 0.1) is 5.92 Å². The Morgan fingerprint density at radius 2 is 2.17 bits per heavy atom. The van der Waals surface area contributed by atoms with Gasteiger partial charge in [0.05, 0.1) is 5.03 Å². The number of benzene rings is 1. The number of aromatic amines is 1. The van der Waals surface area contributed by atoms with Crippen LogP contribution >= 0.6 is 23.5 Å². The molecule has 2 nitrogen and oxygen atoms in total. The molecule has 0 bridgehead atoms. The van der Waals surface area contributed by atoms with E-state index in [2.05, 4.69) is 55.2 Å². The summed E-state index contributed by atoms with van der Waals surface area (Å²) in [4.78, 5) is 6.37. The zero-order valence-corrected chi connectivity index (χ0v) is 16.8. The van der Waals surface area contributed by atoms with E-state index in [4.69, 9.17) is 0 Å². The van der Waals surface area contributed by atoms with Gasteiger partial charge in [0.2, 0.25) is 0 Å². The Hall–Kier alpha value is -0.580. The zero-order chi connectivity index (χ0) is 16.8. The van der Waals surface area contributed by atoms with E-state index in [0.717, 1.165) is 5.92 Å². The second-order valence-corrected chi connectivity index (χ2v) is 10.2. The van der Waals surface area contributed by atoms with Crippen LogP contribution in [-0.2, 0) is 6.42 Å². The second kappa shape index (κ2) is 6.62. The smallest absolute Gasteiger partial charge is 0.0768 e. The quantitative estimate of drug-likeness (QED) is 0.775. The van der Waals surface area contributed by atoms with Crippen LogP contribution in [0.4, 0.5) is 0 Å². The molecule has 1 unspecified atom stereocenters. The van der Waals surface area contributed by atoms with Crippen LogP contribution in [0.2, 0.25) is 0 Å². The number of likely N-dealkylation sites (tertiary alicyclic amines) is 1. The van der Waals surface area contributed by atoms with Crippen molar-refractivity contribution in [1.29, 1.82) is 0 Å². The highest BCUT2D eigenvalue weighted by Gasteiger charge is 2.40. The average molecular weight is 361 g/mol. The van der Waals surface area contributed by atoms with Crippen LogP contribution in [0.3, 0.4) is 0 Å². The Labute approximate surface area is 154 Å². The predicted octanol–water partition coefficient (Wildman–Crippen LogP) is 4.99. The predicted molar refractivity (Wildman–Crippen MR) is 109 cm³/mol. The standard InChI is InChI=1S/C20H28N2S2/c1-12(2)24-20-16-9-18-15(8-13(11-23-4)10-22(18)3)14-6-5-7-17(21-20)19(14)16/h5-7,12-13,15,18,21H,8-11H2,1-4H3/t13?,15-,18-/m1/s1. The van der Waals surface area contributed by atoms with E-state index in [0.29, 0.717) is 17.2 Å². The van der Waals surface area contributed by atoms with Crippen molar-refractivity contribution in [2.45, 2.75) is 48.9 Å². The first-order valence-corrected chi connectivity index (χ1v) is 11.3. The highest BCUT2D eigenvalue weighted by molar-refractivity contribution is 7.99. The largest absolute Gasteiger partial charge is 0.349 e. The van der Waals surface area contributed by atoms with E-state index in [-0.39, 0.29) is 0 Å². The van der Waals surface area contributed by atoms with Crippen LogP contribution in [0.25, 0.3) is 10.9 Å². The van der Waals surface area contributed by atoms with Gasteiger partial charge in [-0.05, 0) is 55.0 Å². The van der Waals surface area contributed by atoms with Gasteiger partial charge in [0, 0.05) is 34.7 Å². The molecule has 4 heteroatoms. The highest BCUT2D eigenvalue weighted by atomic mass is 32.2. The first kappa shape index (κ1) is 16.9. The maximum atomic E-state index is 3.73. The van der Waals surface area contributed by atoms with Crippen molar-refractivity contribution in [2.24, 2.45) is 5.92 Å². The lowest BCUT2D eigenvalue weighted by Gasteiger charge is -2.45. The zero-order valence-electron chi connectivity index (χ0n) is 15.1. The molecule has 1 aliphatic heterocycles. The van der Waals surface area contributed by atoms with Gasteiger partial charge in [-0.15, -0.1) is 11.8 Å². The summed E-state index contributed by atoms with van der Waals surface area (Å²) < 4.78 is 0. The molecular weight excluding hydrogens is 332 g/mol. The van der Waals surface area contributed by atoms with Crippen LogP contribution in [0.5, 0.6) is 0 Å². The van der Waals surface area contributed by atoms with E-state index >= 15 is 0 Å². The Balaban J connectivity index is 1.79. The lowest BCUT2D eigenvalue weighted by atomic mass is 9.73. The molecule has 1 aromatic heterocycles. The van der Waals surface area contributed by atoms with Crippen molar-refractivity contribution in [2.75, 3.05) is 25.6 Å². The molecule has 24 heavy (non-hydrogen) atoms. The molecule has 1 fully saturated rings. The fourth-order valence-electron chi connectivity index (χ4n) is 4.80. The van der Waals surface area contributed by atoms with E-state index in [9.17, 15) is 0 Å². The number of rotatable bonds is 4. The summed E-state index contributed by atoms with van der Waals surface area (Å²) in [5.74, 6) is 2.81. The molecule has 0 amide bonds. The van der Waals surface area contributed by atoms with Gasteiger partial charge in [-0.1, -0.05) is 26.0 Å². The van der Waals surface area contributed by atoms with Crippen molar-refractivity contribution in [3.8, 4) is 0 Å². The maximum Gasteiger partial charge on any atom is 0.0768 e. The molecule has 4 rings (SSSR count). The molecule has 0 saturated carbocycles. The molecule has 3 atom stereocenters. The van der Waals surface area contributed by atoms with E-state index in [1.54, 1.807) is 16.5 Å². The number of fused-ring (bicyclic) bond motifs is 2. The summed E-state index contributed by atoms with van der Waals surface area (Å²) in [6.45, 7) is 5.83. The van der Waals surface area contributed by atoms with E-state index in [1.165, 1.54) is 35.7 Å². The van der Waals surface area contributed by atoms with Gasteiger partial charge in [-0.25, -0.2) is 0 Å². The Morgan fingerprint density at radius 3 is 2.92 bits per heavy atom. The molecule has 1 aromatic carbocycles. The van der Waals surface area contributed by atoms with Gasteiger partial charge in [0.15, 0.2) is 0 Å². The number of aromatic nitrogens is 1.